The summed E-state index contributed by atoms with van der Waals surface area (Å²) in [6.45, 7) is 1.71. The summed E-state index contributed by atoms with van der Waals surface area (Å²) < 4.78 is 11.7. The first kappa shape index (κ1) is 19.1. The second-order valence-electron chi connectivity index (χ2n) is 6.55. The second-order valence-corrected chi connectivity index (χ2v) is 7.33. The highest BCUT2D eigenvalue weighted by Crippen LogP contribution is 2.33. The quantitative estimate of drug-likeness (QED) is 0.606. The summed E-state index contributed by atoms with van der Waals surface area (Å²) in [5, 5.41) is 4.45. The molecule has 1 atom stereocenters. The van der Waals surface area contributed by atoms with Gasteiger partial charge < -0.3 is 14.5 Å². The van der Waals surface area contributed by atoms with Crippen molar-refractivity contribution in [1.82, 2.24) is 10.4 Å². The van der Waals surface area contributed by atoms with E-state index < -0.39 is 12.1 Å². The highest BCUT2D eigenvalue weighted by Gasteiger charge is 2.36. The Hall–Kier alpha value is -3.26. The van der Waals surface area contributed by atoms with Crippen molar-refractivity contribution in [2.24, 2.45) is 0 Å². The van der Waals surface area contributed by atoms with Crippen LogP contribution < -0.4 is 15.5 Å². The van der Waals surface area contributed by atoms with Gasteiger partial charge in [-0.1, -0.05) is 24.3 Å². The molecule has 2 amide bonds. The molecule has 1 aliphatic heterocycles. The molecule has 148 valence electrons. The zero-order valence-corrected chi connectivity index (χ0v) is 17.1. The number of nitrogens with zero attached hydrogens (tertiary/aromatic N) is 1. The van der Waals surface area contributed by atoms with Crippen LogP contribution in [0, 0.1) is 6.92 Å². The van der Waals surface area contributed by atoms with Crippen molar-refractivity contribution in [3.63, 3.8) is 0 Å². The van der Waals surface area contributed by atoms with Crippen LogP contribution in [0.2, 0.25) is 0 Å². The molecule has 2 heterocycles. The highest BCUT2D eigenvalue weighted by atomic mass is 79.9. The number of hydrazine groups is 1. The van der Waals surface area contributed by atoms with Crippen LogP contribution in [-0.2, 0) is 4.79 Å². The Morgan fingerprint density at radius 3 is 2.79 bits per heavy atom. The third-order valence-corrected chi connectivity index (χ3v) is 4.82. The molecule has 4 rings (SSSR count). The molecule has 0 aliphatic carbocycles. The largest absolute Gasteiger partial charge is 0.484 e. The van der Waals surface area contributed by atoms with E-state index in [2.05, 4.69) is 26.7 Å². The van der Waals surface area contributed by atoms with Crippen molar-refractivity contribution in [1.29, 1.82) is 0 Å². The van der Waals surface area contributed by atoms with Crippen LogP contribution in [-0.4, -0.2) is 23.4 Å². The zero-order chi connectivity index (χ0) is 20.4. The van der Waals surface area contributed by atoms with Crippen LogP contribution in [0.5, 0.6) is 5.75 Å². The normalized spacial score (nSPS) is 15.4. The summed E-state index contributed by atoms with van der Waals surface area (Å²) in [5.74, 6) is 0.247. The number of amides is 2. The maximum Gasteiger partial charge on any atom is 0.276 e. The molecule has 1 unspecified atom stereocenters. The molecule has 0 bridgehead atoms. The van der Waals surface area contributed by atoms with Crippen molar-refractivity contribution in [3.8, 4) is 5.75 Å². The standard InChI is InChI=1S/C21H18BrN3O4/c1-13-5-4-6-14(11-13)28-12-19(26)24-25-20(17-9-10-18(22)29-17)23-16-8-3-2-7-15(16)21(25)27/h2-11,20,23H,12H2,1H3,(H,24,26). The van der Waals surface area contributed by atoms with Gasteiger partial charge in [0.25, 0.3) is 11.8 Å². The van der Waals surface area contributed by atoms with E-state index in [9.17, 15) is 9.59 Å². The molecule has 2 aromatic carbocycles. The third kappa shape index (κ3) is 4.12. The Balaban J connectivity index is 1.54. The molecule has 7 nitrogen and oxygen atoms in total. The Labute approximate surface area is 175 Å². The van der Waals surface area contributed by atoms with Gasteiger partial charge in [-0.25, -0.2) is 5.01 Å². The van der Waals surface area contributed by atoms with E-state index in [1.807, 2.05) is 31.2 Å². The maximum absolute atomic E-state index is 13.0. The van der Waals surface area contributed by atoms with Gasteiger partial charge in [-0.05, 0) is 64.8 Å². The predicted octanol–water partition coefficient (Wildman–Crippen LogP) is 4.03. The number of fused-ring (bicyclic) bond motifs is 1. The van der Waals surface area contributed by atoms with Gasteiger partial charge in [-0.3, -0.25) is 15.0 Å². The zero-order valence-electron chi connectivity index (χ0n) is 15.5. The van der Waals surface area contributed by atoms with E-state index in [4.69, 9.17) is 9.15 Å². The van der Waals surface area contributed by atoms with Crippen LogP contribution in [0.15, 0.2) is 69.8 Å². The van der Waals surface area contributed by atoms with Crippen LogP contribution >= 0.6 is 15.9 Å². The first-order chi connectivity index (χ1) is 14.0. The van der Waals surface area contributed by atoms with E-state index in [-0.39, 0.29) is 12.5 Å². The molecule has 29 heavy (non-hydrogen) atoms. The fraction of sp³-hybridized carbons (Fsp3) is 0.143. The van der Waals surface area contributed by atoms with Crippen molar-refractivity contribution in [3.05, 3.63) is 82.2 Å². The first-order valence-electron chi connectivity index (χ1n) is 8.94. The molecule has 3 aromatic rings. The number of furan rings is 1. The van der Waals surface area contributed by atoms with Crippen LogP contribution in [0.25, 0.3) is 0 Å². The van der Waals surface area contributed by atoms with Gasteiger partial charge >= 0.3 is 0 Å². The molecule has 1 aliphatic rings. The molecule has 0 radical (unpaired) electrons. The molecule has 1 aromatic heterocycles. The first-order valence-corrected chi connectivity index (χ1v) is 9.74. The van der Waals surface area contributed by atoms with Crippen molar-refractivity contribution in [2.75, 3.05) is 11.9 Å². The van der Waals surface area contributed by atoms with E-state index >= 15 is 0 Å². The number of para-hydroxylation sites is 1. The summed E-state index contributed by atoms with van der Waals surface area (Å²) in [6, 6.07) is 17.9. The summed E-state index contributed by atoms with van der Waals surface area (Å²) >= 11 is 3.27. The topological polar surface area (TPSA) is 83.8 Å². The number of benzene rings is 2. The number of carbonyl (C=O) groups excluding carboxylic acids is 2. The summed E-state index contributed by atoms with van der Waals surface area (Å²) in [4.78, 5) is 25.6. The van der Waals surface area contributed by atoms with Crippen molar-refractivity contribution >= 4 is 33.4 Å². The molecule has 0 saturated heterocycles. The van der Waals surface area contributed by atoms with Gasteiger partial charge in [0.2, 0.25) is 0 Å². The highest BCUT2D eigenvalue weighted by molar-refractivity contribution is 9.10. The molecule has 2 N–H and O–H groups in total. The SMILES string of the molecule is Cc1cccc(OCC(=O)NN2C(=O)c3ccccc3NC2c2ccc(Br)o2)c1. The van der Waals surface area contributed by atoms with Crippen LogP contribution in [0.1, 0.15) is 27.8 Å². The number of hydrogen-bond acceptors (Lipinski definition) is 5. The number of halogens is 1. The van der Waals surface area contributed by atoms with Crippen LogP contribution in [0.4, 0.5) is 5.69 Å². The summed E-state index contributed by atoms with van der Waals surface area (Å²) in [7, 11) is 0. The number of nitrogens with one attached hydrogen (secondary N) is 2. The Bertz CT molecular complexity index is 1070. The van der Waals surface area contributed by atoms with Gasteiger partial charge in [0, 0.05) is 5.69 Å². The van der Waals surface area contributed by atoms with Gasteiger partial charge in [0.05, 0.1) is 5.56 Å². The average molecular weight is 456 g/mol. The minimum Gasteiger partial charge on any atom is -0.484 e. The maximum atomic E-state index is 13.0. The van der Waals surface area contributed by atoms with Gasteiger partial charge in [-0.2, -0.15) is 0 Å². The lowest BCUT2D eigenvalue weighted by molar-refractivity contribution is -0.127. The monoisotopic (exact) mass is 455 g/mol. The van der Waals surface area contributed by atoms with Crippen molar-refractivity contribution in [2.45, 2.75) is 13.1 Å². The number of carbonyl (C=O) groups is 2. The molecule has 0 spiro atoms. The molecule has 0 saturated carbocycles. The second kappa shape index (κ2) is 8.00. The smallest absolute Gasteiger partial charge is 0.276 e. The molecular formula is C21H18BrN3O4. The summed E-state index contributed by atoms with van der Waals surface area (Å²) in [6.07, 6.45) is -0.702. The Morgan fingerprint density at radius 2 is 2.03 bits per heavy atom. The number of anilines is 1. The lowest BCUT2D eigenvalue weighted by Gasteiger charge is -2.36. The minimum atomic E-state index is -0.702. The number of aryl methyl sites for hydroxylation is 1. The lowest BCUT2D eigenvalue weighted by atomic mass is 10.1. The molecule has 0 fully saturated rings. The van der Waals surface area contributed by atoms with Crippen LogP contribution in [0.3, 0.4) is 0 Å². The summed E-state index contributed by atoms with van der Waals surface area (Å²) in [5.41, 5.74) is 4.78. The fourth-order valence-electron chi connectivity index (χ4n) is 3.06. The molecule has 8 heteroatoms. The van der Waals surface area contributed by atoms with E-state index in [1.165, 1.54) is 5.01 Å². The number of rotatable bonds is 5. The fourth-order valence-corrected chi connectivity index (χ4v) is 3.38. The number of hydrogen-bond donors (Lipinski definition) is 2. The predicted molar refractivity (Wildman–Crippen MR) is 110 cm³/mol. The molecular weight excluding hydrogens is 438 g/mol. The Morgan fingerprint density at radius 1 is 1.21 bits per heavy atom. The van der Waals surface area contributed by atoms with E-state index in [0.717, 1.165) is 5.56 Å². The van der Waals surface area contributed by atoms with Gasteiger partial charge in [-0.15, -0.1) is 0 Å². The van der Waals surface area contributed by atoms with Crippen molar-refractivity contribution < 1.29 is 18.7 Å². The average Bonchev–Trinajstić information content (AvgIpc) is 3.15. The third-order valence-electron chi connectivity index (χ3n) is 4.39. The van der Waals surface area contributed by atoms with E-state index in [1.54, 1.807) is 36.4 Å². The minimum absolute atomic E-state index is 0.233. The number of ether oxygens (including phenoxy) is 1. The van der Waals surface area contributed by atoms with Gasteiger partial charge in [0.15, 0.2) is 17.4 Å². The Kier molecular flexibility index (Phi) is 5.26. The van der Waals surface area contributed by atoms with Gasteiger partial charge in [0.1, 0.15) is 11.5 Å². The lowest BCUT2D eigenvalue weighted by Crippen LogP contribution is -2.53. The van der Waals surface area contributed by atoms with E-state index in [0.29, 0.717) is 27.4 Å².